The van der Waals surface area contributed by atoms with Crippen LogP contribution in [-0.4, -0.2) is 20.2 Å². The number of carbonyl (C=O) groups is 1. The van der Waals surface area contributed by atoms with Gasteiger partial charge in [-0.05, 0) is 44.3 Å². The lowest BCUT2D eigenvalue weighted by Gasteiger charge is -2.29. The van der Waals surface area contributed by atoms with Crippen LogP contribution in [0.3, 0.4) is 0 Å². The third-order valence-corrected chi connectivity index (χ3v) is 4.93. The highest BCUT2D eigenvalue weighted by atomic mass is 28.4. The van der Waals surface area contributed by atoms with E-state index >= 15 is 0 Å². The van der Waals surface area contributed by atoms with Gasteiger partial charge in [-0.3, -0.25) is 4.79 Å². The van der Waals surface area contributed by atoms with E-state index in [9.17, 15) is 4.79 Å². The van der Waals surface area contributed by atoms with Gasteiger partial charge in [-0.15, -0.1) is 0 Å². The van der Waals surface area contributed by atoms with Crippen LogP contribution in [0.4, 0.5) is 0 Å². The molecular weight excluding hydrogens is 204 g/mol. The van der Waals surface area contributed by atoms with E-state index in [1.165, 1.54) is 6.42 Å². The molecule has 0 saturated heterocycles. The summed E-state index contributed by atoms with van der Waals surface area (Å²) < 4.78 is 6.17. The number of fused-ring (bicyclic) bond motifs is 1. The molecule has 3 heteroatoms. The molecule has 2 saturated carbocycles. The van der Waals surface area contributed by atoms with Crippen molar-refractivity contribution in [2.24, 2.45) is 11.3 Å². The first-order valence-corrected chi connectivity index (χ1v) is 9.43. The van der Waals surface area contributed by atoms with Crippen LogP contribution >= 0.6 is 0 Å². The second-order valence-electron chi connectivity index (χ2n) is 6.41. The van der Waals surface area contributed by atoms with Crippen molar-refractivity contribution >= 4 is 14.1 Å². The maximum atomic E-state index is 11.9. The molecule has 0 spiro atoms. The summed E-state index contributed by atoms with van der Waals surface area (Å²) in [5, 5.41) is 0. The number of carbonyl (C=O) groups excluding carboxylic acids is 1. The third-order valence-electron chi connectivity index (χ3n) is 3.92. The van der Waals surface area contributed by atoms with E-state index < -0.39 is 8.32 Å². The van der Waals surface area contributed by atoms with Crippen molar-refractivity contribution in [3.05, 3.63) is 0 Å². The fourth-order valence-corrected chi connectivity index (χ4v) is 4.43. The average molecular weight is 226 g/mol. The zero-order valence-electron chi connectivity index (χ0n) is 10.3. The van der Waals surface area contributed by atoms with Crippen molar-refractivity contribution in [2.75, 3.05) is 0 Å². The topological polar surface area (TPSA) is 26.3 Å². The van der Waals surface area contributed by atoms with E-state index in [1.54, 1.807) is 0 Å². The van der Waals surface area contributed by atoms with E-state index in [1.807, 2.05) is 0 Å². The molecule has 0 radical (unpaired) electrons. The molecule has 2 aliphatic carbocycles. The summed E-state index contributed by atoms with van der Waals surface area (Å²) in [6.45, 7) is 8.91. The van der Waals surface area contributed by atoms with Crippen LogP contribution in [0.1, 0.15) is 32.6 Å². The standard InChI is InChI=1S/C12H22O2Si/c1-12-7-5-9(13)11(12)10(6-8-12)14-15(2,3)4/h10-11H,5-8H2,1-4H3/t10-,11+,12-/m1/s1. The molecule has 0 N–H and O–H groups in total. The summed E-state index contributed by atoms with van der Waals surface area (Å²) in [7, 11) is -1.50. The number of rotatable bonds is 2. The molecule has 0 amide bonds. The van der Waals surface area contributed by atoms with E-state index in [2.05, 4.69) is 26.6 Å². The zero-order valence-corrected chi connectivity index (χ0v) is 11.3. The minimum Gasteiger partial charge on any atom is -0.414 e. The lowest BCUT2D eigenvalue weighted by molar-refractivity contribution is -0.124. The Bertz CT molecular complexity index is 282. The maximum absolute atomic E-state index is 11.9. The summed E-state index contributed by atoms with van der Waals surface area (Å²) >= 11 is 0. The number of hydrogen-bond acceptors (Lipinski definition) is 2. The Morgan fingerprint density at radius 2 is 2.00 bits per heavy atom. The fraction of sp³-hybridized carbons (Fsp3) is 0.917. The van der Waals surface area contributed by atoms with E-state index in [0.717, 1.165) is 19.3 Å². The van der Waals surface area contributed by atoms with Crippen LogP contribution < -0.4 is 0 Å². The van der Waals surface area contributed by atoms with E-state index in [-0.39, 0.29) is 17.4 Å². The quantitative estimate of drug-likeness (QED) is 0.677. The van der Waals surface area contributed by atoms with Crippen molar-refractivity contribution in [3.8, 4) is 0 Å². The minimum atomic E-state index is -1.50. The fourth-order valence-electron chi connectivity index (χ4n) is 3.26. The van der Waals surface area contributed by atoms with Crippen LogP contribution in [0.15, 0.2) is 0 Å². The largest absolute Gasteiger partial charge is 0.414 e. The zero-order chi connectivity index (χ0) is 11.3. The molecular formula is C12H22O2Si. The summed E-state index contributed by atoms with van der Waals surface area (Å²) in [4.78, 5) is 11.9. The van der Waals surface area contributed by atoms with Crippen LogP contribution in [0.25, 0.3) is 0 Å². The molecule has 0 unspecified atom stereocenters. The van der Waals surface area contributed by atoms with E-state index in [0.29, 0.717) is 5.78 Å². The summed E-state index contributed by atoms with van der Waals surface area (Å²) in [6.07, 6.45) is 4.38. The second-order valence-corrected chi connectivity index (χ2v) is 10.9. The van der Waals surface area contributed by atoms with Crippen molar-refractivity contribution in [1.82, 2.24) is 0 Å². The van der Waals surface area contributed by atoms with Gasteiger partial charge in [-0.1, -0.05) is 6.92 Å². The van der Waals surface area contributed by atoms with E-state index in [4.69, 9.17) is 4.43 Å². The third kappa shape index (κ3) is 2.04. The van der Waals surface area contributed by atoms with Gasteiger partial charge in [0.05, 0.1) is 6.10 Å². The molecule has 2 rings (SSSR count). The Kier molecular flexibility index (Phi) is 2.59. The Morgan fingerprint density at radius 3 is 2.60 bits per heavy atom. The van der Waals surface area contributed by atoms with Gasteiger partial charge in [0.2, 0.25) is 0 Å². The molecule has 0 heterocycles. The molecule has 0 aromatic heterocycles. The summed E-state index contributed by atoms with van der Waals surface area (Å²) in [6, 6.07) is 0. The molecule has 0 aliphatic heterocycles. The highest BCUT2D eigenvalue weighted by Crippen LogP contribution is 2.53. The molecule has 15 heavy (non-hydrogen) atoms. The van der Waals surface area contributed by atoms with Gasteiger partial charge < -0.3 is 4.43 Å². The molecule has 2 fully saturated rings. The highest BCUT2D eigenvalue weighted by Gasteiger charge is 2.53. The van der Waals surface area contributed by atoms with Crippen LogP contribution in [-0.2, 0) is 9.22 Å². The Hall–Kier alpha value is -0.153. The van der Waals surface area contributed by atoms with Gasteiger partial charge in [0.25, 0.3) is 0 Å². The predicted octanol–water partition coefficient (Wildman–Crippen LogP) is 2.99. The normalized spacial score (nSPS) is 40.9. The highest BCUT2D eigenvalue weighted by molar-refractivity contribution is 6.69. The van der Waals surface area contributed by atoms with Crippen molar-refractivity contribution in [3.63, 3.8) is 0 Å². The minimum absolute atomic E-state index is 0.212. The lowest BCUT2D eigenvalue weighted by atomic mass is 9.82. The SMILES string of the molecule is C[C@]12CCC(=O)[C@H]1[C@H](O[Si](C)(C)C)CC2. The molecule has 3 atom stereocenters. The van der Waals surface area contributed by atoms with Gasteiger partial charge in [0.1, 0.15) is 5.78 Å². The molecule has 86 valence electrons. The molecule has 2 nitrogen and oxygen atoms in total. The van der Waals surface area contributed by atoms with Gasteiger partial charge in [0.15, 0.2) is 8.32 Å². The number of Topliss-reactive ketones (excluding diaryl/α,β-unsaturated/α-hetero) is 1. The Balaban J connectivity index is 2.13. The first kappa shape index (κ1) is 11.3. The average Bonchev–Trinajstić information content (AvgIpc) is 2.51. The number of ketones is 1. The Morgan fingerprint density at radius 1 is 1.33 bits per heavy atom. The van der Waals surface area contributed by atoms with Gasteiger partial charge in [-0.2, -0.15) is 0 Å². The first-order valence-electron chi connectivity index (χ1n) is 6.02. The molecule has 2 aliphatic rings. The molecule has 0 aromatic rings. The lowest BCUT2D eigenvalue weighted by Crippen LogP contribution is -2.37. The van der Waals surface area contributed by atoms with Crippen LogP contribution in [0.5, 0.6) is 0 Å². The van der Waals surface area contributed by atoms with Crippen molar-refractivity contribution < 1.29 is 9.22 Å². The van der Waals surface area contributed by atoms with Gasteiger partial charge >= 0.3 is 0 Å². The second kappa shape index (κ2) is 3.42. The van der Waals surface area contributed by atoms with Crippen LogP contribution in [0.2, 0.25) is 19.6 Å². The first-order chi connectivity index (χ1) is 6.82. The summed E-state index contributed by atoms with van der Waals surface area (Å²) in [5.41, 5.74) is 0.265. The predicted molar refractivity (Wildman–Crippen MR) is 63.3 cm³/mol. The van der Waals surface area contributed by atoms with Gasteiger partial charge in [-0.25, -0.2) is 0 Å². The summed E-state index contributed by atoms with van der Waals surface area (Å²) in [5.74, 6) is 0.669. The van der Waals surface area contributed by atoms with Crippen molar-refractivity contribution in [2.45, 2.75) is 58.4 Å². The van der Waals surface area contributed by atoms with Crippen molar-refractivity contribution in [1.29, 1.82) is 0 Å². The molecule has 0 bridgehead atoms. The van der Waals surface area contributed by atoms with Gasteiger partial charge in [0, 0.05) is 12.3 Å². The Labute approximate surface area is 93.5 Å². The number of hydrogen-bond donors (Lipinski definition) is 0. The monoisotopic (exact) mass is 226 g/mol. The maximum Gasteiger partial charge on any atom is 0.184 e. The van der Waals surface area contributed by atoms with Crippen LogP contribution in [0, 0.1) is 11.3 Å². The smallest absolute Gasteiger partial charge is 0.184 e. The molecule has 0 aromatic carbocycles.